The number of nitrogens with zero attached hydrogens (tertiary/aromatic N) is 1. The molecule has 49 heavy (non-hydrogen) atoms. The van der Waals surface area contributed by atoms with E-state index in [0.717, 1.165) is 51.4 Å². The third-order valence-electron chi connectivity index (χ3n) is 10.9. The lowest BCUT2D eigenvalue weighted by molar-refractivity contribution is -0.164. The number of ether oxygens (including phenoxy) is 1. The first kappa shape index (κ1) is 38.2. The first-order valence-electron chi connectivity index (χ1n) is 18.2. The minimum absolute atomic E-state index is 0.182. The van der Waals surface area contributed by atoms with Crippen molar-refractivity contribution in [1.82, 2.24) is 20.9 Å². The zero-order valence-electron chi connectivity index (χ0n) is 30.0. The van der Waals surface area contributed by atoms with Gasteiger partial charge in [-0.25, -0.2) is 9.59 Å². The molecule has 4 rings (SSSR count). The predicted octanol–water partition coefficient (Wildman–Crippen LogP) is 3.49. The van der Waals surface area contributed by atoms with E-state index < -0.39 is 76.1 Å². The molecule has 1 aliphatic heterocycles. The Bertz CT molecular complexity index is 1310. The van der Waals surface area contributed by atoms with Crippen LogP contribution in [0.4, 0.5) is 4.79 Å². The first-order valence-corrected chi connectivity index (χ1v) is 18.2. The van der Waals surface area contributed by atoms with Crippen molar-refractivity contribution in [2.45, 2.75) is 154 Å². The number of primary amides is 1. The van der Waals surface area contributed by atoms with Crippen LogP contribution in [0.15, 0.2) is 0 Å². The second-order valence-corrected chi connectivity index (χ2v) is 16.3. The summed E-state index contributed by atoms with van der Waals surface area (Å²) >= 11 is 0. The largest absolute Gasteiger partial charge is 0.458 e. The number of carbonyl (C=O) groups is 6. The fourth-order valence-corrected chi connectivity index (χ4v) is 7.91. The van der Waals surface area contributed by atoms with E-state index in [1.165, 1.54) is 4.90 Å². The number of rotatable bonds is 12. The standard InChI is InChI=1S/C37H57N5O7/c1-7-36(5,6)25-18-21-42(28(25)31(45)39-26(22-23-16-17-23)29(43)30(38)44)32(46)27(24-14-10-8-11-15-24)40-34(48)41-37(19-12-9-13-20-37)33(47)49-35(2,3)4/h1,23-28H,8-22H2,2-6H3,(H2,38,44)(H,39,45)(H2,40,41,48)/t25-,26?,27-,28-/m0/s1. The normalized spacial score (nSPS) is 24.1. The van der Waals surface area contributed by atoms with Crippen molar-refractivity contribution in [3.05, 3.63) is 0 Å². The van der Waals surface area contributed by atoms with Gasteiger partial charge in [0.15, 0.2) is 0 Å². The highest BCUT2D eigenvalue weighted by Gasteiger charge is 2.51. The van der Waals surface area contributed by atoms with Gasteiger partial charge in [0.25, 0.3) is 5.91 Å². The lowest BCUT2D eigenvalue weighted by Gasteiger charge is -2.40. The number of likely N-dealkylation sites (tertiary alicyclic amines) is 1. The highest BCUT2D eigenvalue weighted by atomic mass is 16.6. The van der Waals surface area contributed by atoms with Gasteiger partial charge in [-0.1, -0.05) is 51.4 Å². The molecule has 0 bridgehead atoms. The molecule has 0 aromatic rings. The van der Waals surface area contributed by atoms with Crippen LogP contribution >= 0.6 is 0 Å². The molecular formula is C37H57N5O7. The Labute approximate surface area is 291 Å². The van der Waals surface area contributed by atoms with E-state index in [1.807, 2.05) is 13.8 Å². The first-order chi connectivity index (χ1) is 23.0. The molecule has 5 amide bonds. The number of urea groups is 1. The van der Waals surface area contributed by atoms with Crippen molar-refractivity contribution in [2.75, 3.05) is 6.54 Å². The Balaban J connectivity index is 1.62. The van der Waals surface area contributed by atoms with E-state index in [1.54, 1.807) is 20.8 Å². The van der Waals surface area contributed by atoms with Crippen LogP contribution in [0.5, 0.6) is 0 Å². The van der Waals surface area contributed by atoms with Crippen molar-refractivity contribution in [3.8, 4) is 12.3 Å². The smallest absolute Gasteiger partial charge is 0.332 e. The van der Waals surface area contributed by atoms with E-state index in [2.05, 4.69) is 21.9 Å². The molecule has 1 saturated heterocycles. The molecule has 0 radical (unpaired) electrons. The minimum atomic E-state index is -1.21. The van der Waals surface area contributed by atoms with Crippen LogP contribution in [0.2, 0.25) is 0 Å². The summed E-state index contributed by atoms with van der Waals surface area (Å²) in [6.45, 7) is 9.26. The van der Waals surface area contributed by atoms with Crippen molar-refractivity contribution < 1.29 is 33.5 Å². The van der Waals surface area contributed by atoms with Gasteiger partial charge in [0.2, 0.25) is 17.6 Å². The number of carbonyl (C=O) groups excluding carboxylic acids is 6. The van der Waals surface area contributed by atoms with Gasteiger partial charge >= 0.3 is 12.0 Å². The number of Topliss-reactive ketones (excluding diaryl/α,β-unsaturated/α-hetero) is 1. The van der Waals surface area contributed by atoms with Gasteiger partial charge in [-0.05, 0) is 85.0 Å². The van der Waals surface area contributed by atoms with Gasteiger partial charge in [0, 0.05) is 17.9 Å². The van der Waals surface area contributed by atoms with Gasteiger partial charge in [0.1, 0.15) is 23.2 Å². The van der Waals surface area contributed by atoms with Gasteiger partial charge < -0.3 is 31.3 Å². The van der Waals surface area contributed by atoms with Crippen LogP contribution in [-0.2, 0) is 28.7 Å². The fourth-order valence-electron chi connectivity index (χ4n) is 7.91. The monoisotopic (exact) mass is 683 g/mol. The van der Waals surface area contributed by atoms with Crippen LogP contribution in [0.1, 0.15) is 125 Å². The SMILES string of the molecule is C#CC(C)(C)[C@H]1CCN(C(=O)[C@@H](NC(=O)NC2(C(=O)OC(C)(C)C)CCCCC2)C2CCCCC2)[C@@H]1C(=O)NC(CC1CC1)C(=O)C(N)=O. The topological polar surface area (TPSA) is 177 Å². The van der Waals surface area contributed by atoms with Crippen molar-refractivity contribution in [3.63, 3.8) is 0 Å². The quantitative estimate of drug-likeness (QED) is 0.138. The number of hydrogen-bond acceptors (Lipinski definition) is 7. The Kier molecular flexibility index (Phi) is 12.1. The molecule has 4 aliphatic rings. The molecule has 0 spiro atoms. The maximum atomic E-state index is 14.7. The zero-order valence-corrected chi connectivity index (χ0v) is 30.0. The number of nitrogens with two attached hydrogens (primary N) is 1. The molecule has 1 heterocycles. The van der Waals surface area contributed by atoms with E-state index in [0.29, 0.717) is 38.5 Å². The average Bonchev–Trinajstić information content (AvgIpc) is 3.75. The lowest BCUT2D eigenvalue weighted by Crippen LogP contribution is -2.64. The van der Waals surface area contributed by atoms with Gasteiger partial charge in [0.05, 0.1) is 6.04 Å². The number of nitrogens with one attached hydrogen (secondary N) is 3. The van der Waals surface area contributed by atoms with Crippen molar-refractivity contribution in [2.24, 2.45) is 28.9 Å². The van der Waals surface area contributed by atoms with Crippen LogP contribution in [0.3, 0.4) is 0 Å². The Hall–Kier alpha value is -3.62. The molecule has 5 N–H and O–H groups in total. The molecular weight excluding hydrogens is 626 g/mol. The average molecular weight is 684 g/mol. The summed E-state index contributed by atoms with van der Waals surface area (Å²) in [5.74, 6) is -1.11. The Morgan fingerprint density at radius 3 is 2.06 bits per heavy atom. The number of terminal acetylenes is 1. The van der Waals surface area contributed by atoms with Crippen LogP contribution in [-0.4, -0.2) is 76.2 Å². The van der Waals surface area contributed by atoms with Crippen LogP contribution in [0, 0.1) is 35.5 Å². The second-order valence-electron chi connectivity index (χ2n) is 16.3. The molecule has 12 nitrogen and oxygen atoms in total. The predicted molar refractivity (Wildman–Crippen MR) is 183 cm³/mol. The van der Waals surface area contributed by atoms with E-state index in [4.69, 9.17) is 16.9 Å². The number of ketones is 1. The summed E-state index contributed by atoms with van der Waals surface area (Å²) in [6.07, 6.45) is 16.0. The van der Waals surface area contributed by atoms with Crippen molar-refractivity contribution >= 4 is 35.5 Å². The number of amides is 5. The maximum Gasteiger partial charge on any atom is 0.332 e. The summed E-state index contributed by atoms with van der Waals surface area (Å²) in [4.78, 5) is 82.3. The fraction of sp³-hybridized carbons (Fsp3) is 0.784. The molecule has 12 heteroatoms. The lowest BCUT2D eigenvalue weighted by atomic mass is 9.75. The third kappa shape index (κ3) is 9.55. The van der Waals surface area contributed by atoms with Crippen LogP contribution < -0.4 is 21.7 Å². The Morgan fingerprint density at radius 2 is 1.51 bits per heavy atom. The number of hydrogen-bond donors (Lipinski definition) is 4. The summed E-state index contributed by atoms with van der Waals surface area (Å²) in [6, 6.07) is -3.73. The van der Waals surface area contributed by atoms with Gasteiger partial charge in [-0.3, -0.25) is 19.2 Å². The molecule has 1 unspecified atom stereocenters. The molecule has 3 aliphatic carbocycles. The van der Waals surface area contributed by atoms with Gasteiger partial charge in [-0.15, -0.1) is 12.3 Å². The van der Waals surface area contributed by atoms with E-state index in [9.17, 15) is 28.8 Å². The zero-order chi connectivity index (χ0) is 36.1. The minimum Gasteiger partial charge on any atom is -0.458 e. The highest BCUT2D eigenvalue weighted by Crippen LogP contribution is 2.40. The summed E-state index contributed by atoms with van der Waals surface area (Å²) in [7, 11) is 0. The molecule has 0 aromatic heterocycles. The molecule has 3 saturated carbocycles. The maximum absolute atomic E-state index is 14.7. The van der Waals surface area contributed by atoms with Crippen LogP contribution in [0.25, 0.3) is 0 Å². The van der Waals surface area contributed by atoms with E-state index >= 15 is 0 Å². The highest BCUT2D eigenvalue weighted by molar-refractivity contribution is 6.37. The van der Waals surface area contributed by atoms with Gasteiger partial charge in [-0.2, -0.15) is 0 Å². The molecule has 4 atom stereocenters. The summed E-state index contributed by atoms with van der Waals surface area (Å²) in [5.41, 5.74) is 2.60. The van der Waals surface area contributed by atoms with Crippen molar-refractivity contribution in [1.29, 1.82) is 0 Å². The Morgan fingerprint density at radius 1 is 0.898 bits per heavy atom. The third-order valence-corrected chi connectivity index (χ3v) is 10.9. The summed E-state index contributed by atoms with van der Waals surface area (Å²) < 4.78 is 5.75. The molecule has 0 aromatic carbocycles. The molecule has 4 fully saturated rings. The number of esters is 1. The molecule has 272 valence electrons. The van der Waals surface area contributed by atoms with E-state index in [-0.39, 0.29) is 18.4 Å². The second kappa shape index (κ2) is 15.5. The summed E-state index contributed by atoms with van der Waals surface area (Å²) in [5, 5.41) is 8.66.